The van der Waals surface area contributed by atoms with Crippen LogP contribution in [0.5, 0.6) is 0 Å². The third-order valence-corrected chi connectivity index (χ3v) is 4.97. The number of benzene rings is 1. The molecule has 0 radical (unpaired) electrons. The Labute approximate surface area is 112 Å². The zero-order valence-electron chi connectivity index (χ0n) is 10.8. The van der Waals surface area contributed by atoms with Gasteiger partial charge in [-0.1, -0.05) is 25.1 Å². The molecule has 0 amide bonds. The highest BCUT2D eigenvalue weighted by Crippen LogP contribution is 2.34. The van der Waals surface area contributed by atoms with Crippen molar-refractivity contribution in [3.05, 3.63) is 35.2 Å². The Hall–Kier alpha value is -0.900. The summed E-state index contributed by atoms with van der Waals surface area (Å²) in [5.74, 6) is 0.809. The van der Waals surface area contributed by atoms with E-state index in [1.807, 2.05) is 11.3 Å². The van der Waals surface area contributed by atoms with Gasteiger partial charge in [-0.2, -0.15) is 0 Å². The maximum Gasteiger partial charge on any atom is 0.0484 e. The number of hydrogen-bond donors (Lipinski definition) is 1. The van der Waals surface area contributed by atoms with E-state index in [-0.39, 0.29) is 0 Å². The molecule has 0 bridgehead atoms. The molecule has 1 fully saturated rings. The summed E-state index contributed by atoms with van der Waals surface area (Å²) in [5.41, 5.74) is 7.47. The first-order chi connectivity index (χ1) is 8.79. The van der Waals surface area contributed by atoms with Crippen LogP contribution in [0.15, 0.2) is 29.6 Å². The molecule has 2 aromatic rings. The normalized spacial score (nSPS) is 22.7. The number of thiophene rings is 1. The predicted molar refractivity (Wildman–Crippen MR) is 79.0 cm³/mol. The molecule has 1 aliphatic rings. The van der Waals surface area contributed by atoms with Crippen LogP contribution in [0, 0.1) is 5.92 Å². The molecule has 1 aromatic heterocycles. The van der Waals surface area contributed by atoms with E-state index in [0.717, 1.165) is 5.92 Å². The van der Waals surface area contributed by atoms with Gasteiger partial charge in [-0.15, -0.1) is 11.3 Å². The van der Waals surface area contributed by atoms with E-state index in [1.54, 1.807) is 0 Å². The van der Waals surface area contributed by atoms with Crippen molar-refractivity contribution >= 4 is 21.4 Å². The molecule has 1 aromatic carbocycles. The quantitative estimate of drug-likeness (QED) is 0.918. The average Bonchev–Trinajstić information content (AvgIpc) is 2.98. The second kappa shape index (κ2) is 5.00. The van der Waals surface area contributed by atoms with Crippen molar-refractivity contribution in [3.63, 3.8) is 0 Å². The number of rotatable bonds is 3. The Morgan fingerprint density at radius 3 is 3.00 bits per heavy atom. The maximum atomic E-state index is 6.04. The second-order valence-electron chi connectivity index (χ2n) is 5.33. The molecule has 0 spiro atoms. The summed E-state index contributed by atoms with van der Waals surface area (Å²) in [6.45, 7) is 5.42. The zero-order valence-corrected chi connectivity index (χ0v) is 11.6. The minimum atomic E-state index is 0.395. The minimum Gasteiger partial charge on any atom is -0.329 e. The van der Waals surface area contributed by atoms with E-state index in [2.05, 4.69) is 41.5 Å². The van der Waals surface area contributed by atoms with Gasteiger partial charge in [-0.3, -0.25) is 4.90 Å². The third-order valence-electron chi connectivity index (χ3n) is 3.99. The Balaban J connectivity index is 1.96. The van der Waals surface area contributed by atoms with Gasteiger partial charge in [0.2, 0.25) is 0 Å². The molecular weight excluding hydrogens is 240 g/mol. The molecular formula is C15H20N2S. The monoisotopic (exact) mass is 260 g/mol. The van der Waals surface area contributed by atoms with Gasteiger partial charge >= 0.3 is 0 Å². The summed E-state index contributed by atoms with van der Waals surface area (Å²) in [6.07, 6.45) is 1.30. The first kappa shape index (κ1) is 12.2. The van der Waals surface area contributed by atoms with E-state index in [4.69, 9.17) is 5.73 Å². The lowest BCUT2D eigenvalue weighted by Gasteiger charge is -2.26. The largest absolute Gasteiger partial charge is 0.329 e. The van der Waals surface area contributed by atoms with Crippen LogP contribution in [0.4, 0.5) is 0 Å². The Bertz CT molecular complexity index is 534. The van der Waals surface area contributed by atoms with Crippen LogP contribution in [-0.4, -0.2) is 24.5 Å². The highest BCUT2D eigenvalue weighted by Gasteiger charge is 2.27. The van der Waals surface area contributed by atoms with Crippen LogP contribution in [0.3, 0.4) is 0 Å². The van der Waals surface area contributed by atoms with Crippen LogP contribution < -0.4 is 5.73 Å². The van der Waals surface area contributed by atoms with E-state index >= 15 is 0 Å². The number of nitrogens with two attached hydrogens (primary N) is 1. The molecule has 2 nitrogen and oxygen atoms in total. The molecule has 0 saturated carbocycles. The summed E-state index contributed by atoms with van der Waals surface area (Å²) in [6, 6.07) is 9.05. The van der Waals surface area contributed by atoms with Gasteiger partial charge in [-0.25, -0.2) is 0 Å². The summed E-state index contributed by atoms with van der Waals surface area (Å²) < 4.78 is 1.37. The van der Waals surface area contributed by atoms with Crippen molar-refractivity contribution in [2.24, 2.45) is 11.7 Å². The zero-order chi connectivity index (χ0) is 12.5. The summed E-state index contributed by atoms with van der Waals surface area (Å²) in [4.78, 5) is 2.55. The second-order valence-corrected chi connectivity index (χ2v) is 6.24. The molecule has 3 heteroatoms. The number of likely N-dealkylation sites (tertiary alicyclic amines) is 1. The summed E-state index contributed by atoms with van der Waals surface area (Å²) in [7, 11) is 0. The van der Waals surface area contributed by atoms with Crippen molar-refractivity contribution in [1.82, 2.24) is 4.90 Å². The lowest BCUT2D eigenvalue weighted by Crippen LogP contribution is -2.31. The first-order valence-electron chi connectivity index (χ1n) is 6.70. The molecule has 96 valence electrons. The Kier molecular flexibility index (Phi) is 3.37. The fourth-order valence-corrected chi connectivity index (χ4v) is 3.99. The van der Waals surface area contributed by atoms with Crippen LogP contribution in [0.2, 0.25) is 0 Å². The predicted octanol–water partition coefficient (Wildman–Crippen LogP) is 3.24. The SMILES string of the molecule is CC1CCN(C(CN)c2csc3ccccc23)C1. The maximum absolute atomic E-state index is 6.04. The lowest BCUT2D eigenvalue weighted by molar-refractivity contribution is 0.245. The third kappa shape index (κ3) is 2.07. The molecule has 2 N–H and O–H groups in total. The van der Waals surface area contributed by atoms with Crippen LogP contribution >= 0.6 is 11.3 Å². The molecule has 2 heterocycles. The van der Waals surface area contributed by atoms with Crippen LogP contribution in [0.25, 0.3) is 10.1 Å². The van der Waals surface area contributed by atoms with Gasteiger partial charge in [-0.05, 0) is 41.3 Å². The molecule has 2 unspecified atom stereocenters. The molecule has 0 aliphatic carbocycles. The Morgan fingerprint density at radius 2 is 2.28 bits per heavy atom. The fraction of sp³-hybridized carbons (Fsp3) is 0.467. The van der Waals surface area contributed by atoms with Crippen molar-refractivity contribution in [2.75, 3.05) is 19.6 Å². The van der Waals surface area contributed by atoms with Gasteiger partial charge in [0.15, 0.2) is 0 Å². The van der Waals surface area contributed by atoms with Crippen LogP contribution in [-0.2, 0) is 0 Å². The average molecular weight is 260 g/mol. The van der Waals surface area contributed by atoms with Gasteiger partial charge in [0, 0.05) is 23.8 Å². The van der Waals surface area contributed by atoms with Crippen molar-refractivity contribution in [1.29, 1.82) is 0 Å². The van der Waals surface area contributed by atoms with Crippen molar-refractivity contribution in [2.45, 2.75) is 19.4 Å². The number of nitrogens with zero attached hydrogens (tertiary/aromatic N) is 1. The van der Waals surface area contributed by atoms with E-state index in [0.29, 0.717) is 12.6 Å². The van der Waals surface area contributed by atoms with E-state index in [1.165, 1.54) is 35.2 Å². The lowest BCUT2D eigenvalue weighted by atomic mass is 10.0. The summed E-state index contributed by atoms with van der Waals surface area (Å²) in [5, 5.41) is 3.68. The molecule has 1 aliphatic heterocycles. The van der Waals surface area contributed by atoms with E-state index in [9.17, 15) is 0 Å². The highest BCUT2D eigenvalue weighted by molar-refractivity contribution is 7.17. The number of fused-ring (bicyclic) bond motifs is 1. The standard InChI is InChI=1S/C15H20N2S/c1-11-6-7-17(9-11)14(8-16)13-10-18-15-5-3-2-4-12(13)15/h2-5,10-11,14H,6-9,16H2,1H3. The highest BCUT2D eigenvalue weighted by atomic mass is 32.1. The molecule has 1 saturated heterocycles. The molecule has 2 atom stereocenters. The van der Waals surface area contributed by atoms with Gasteiger partial charge < -0.3 is 5.73 Å². The minimum absolute atomic E-state index is 0.395. The Morgan fingerprint density at radius 1 is 1.44 bits per heavy atom. The molecule has 3 rings (SSSR count). The fourth-order valence-electron chi connectivity index (χ4n) is 2.98. The first-order valence-corrected chi connectivity index (χ1v) is 7.58. The van der Waals surface area contributed by atoms with Gasteiger partial charge in [0.25, 0.3) is 0 Å². The molecule has 18 heavy (non-hydrogen) atoms. The smallest absolute Gasteiger partial charge is 0.0484 e. The summed E-state index contributed by atoms with van der Waals surface area (Å²) >= 11 is 1.84. The van der Waals surface area contributed by atoms with Gasteiger partial charge in [0.1, 0.15) is 0 Å². The van der Waals surface area contributed by atoms with Crippen molar-refractivity contribution < 1.29 is 0 Å². The van der Waals surface area contributed by atoms with E-state index < -0.39 is 0 Å². The van der Waals surface area contributed by atoms with Gasteiger partial charge in [0.05, 0.1) is 0 Å². The number of hydrogen-bond acceptors (Lipinski definition) is 3. The van der Waals surface area contributed by atoms with Crippen molar-refractivity contribution in [3.8, 4) is 0 Å². The topological polar surface area (TPSA) is 29.3 Å². The van der Waals surface area contributed by atoms with Crippen LogP contribution in [0.1, 0.15) is 24.9 Å².